The summed E-state index contributed by atoms with van der Waals surface area (Å²) in [5.41, 5.74) is 2.05. The van der Waals surface area contributed by atoms with Crippen molar-refractivity contribution < 1.29 is 0 Å². The minimum atomic E-state index is 0.630. The Morgan fingerprint density at radius 2 is 1.93 bits per heavy atom. The van der Waals surface area contributed by atoms with Crippen molar-refractivity contribution in [2.24, 2.45) is 5.92 Å². The SMILES string of the molecule is CC(C)Cc1cc2ccccc2nn1. The Hall–Kier alpha value is -1.44. The molecule has 2 nitrogen and oxygen atoms in total. The summed E-state index contributed by atoms with van der Waals surface area (Å²) in [4.78, 5) is 0. The van der Waals surface area contributed by atoms with Crippen LogP contribution >= 0.6 is 0 Å². The molecule has 1 heterocycles. The fourth-order valence-electron chi connectivity index (χ4n) is 1.55. The van der Waals surface area contributed by atoms with E-state index in [9.17, 15) is 0 Å². The second-order valence-electron chi connectivity index (χ2n) is 3.99. The Morgan fingerprint density at radius 3 is 2.71 bits per heavy atom. The summed E-state index contributed by atoms with van der Waals surface area (Å²) in [5.74, 6) is 0.630. The molecule has 2 aromatic rings. The lowest BCUT2D eigenvalue weighted by Crippen LogP contribution is -1.98. The predicted molar refractivity (Wildman–Crippen MR) is 58.1 cm³/mol. The molecule has 14 heavy (non-hydrogen) atoms. The summed E-state index contributed by atoms with van der Waals surface area (Å²) in [7, 11) is 0. The highest BCUT2D eigenvalue weighted by Gasteiger charge is 2.01. The standard InChI is InChI=1S/C12H14N2/c1-9(2)7-11-8-10-5-3-4-6-12(10)14-13-11/h3-6,8-9H,7H2,1-2H3. The molecule has 0 bridgehead atoms. The van der Waals surface area contributed by atoms with Gasteiger partial charge in [-0.3, -0.25) is 0 Å². The van der Waals surface area contributed by atoms with E-state index in [0.29, 0.717) is 5.92 Å². The fourth-order valence-corrected chi connectivity index (χ4v) is 1.55. The molecule has 0 saturated carbocycles. The molecular formula is C12H14N2. The molecule has 0 amide bonds. The first-order chi connectivity index (χ1) is 6.75. The highest BCUT2D eigenvalue weighted by atomic mass is 15.1. The minimum Gasteiger partial charge on any atom is -0.155 e. The Morgan fingerprint density at radius 1 is 1.14 bits per heavy atom. The van der Waals surface area contributed by atoms with Gasteiger partial charge in [-0.2, -0.15) is 10.2 Å². The molecule has 72 valence electrons. The zero-order valence-electron chi connectivity index (χ0n) is 8.57. The van der Waals surface area contributed by atoms with Crippen LogP contribution in [0.2, 0.25) is 0 Å². The van der Waals surface area contributed by atoms with Crippen molar-refractivity contribution in [1.29, 1.82) is 0 Å². The molecule has 0 fully saturated rings. The van der Waals surface area contributed by atoms with Crippen molar-refractivity contribution in [2.45, 2.75) is 20.3 Å². The Bertz CT molecular complexity index is 435. The molecule has 0 aliphatic rings. The maximum atomic E-state index is 4.20. The molecule has 2 rings (SSSR count). The highest BCUT2D eigenvalue weighted by molar-refractivity contribution is 5.77. The van der Waals surface area contributed by atoms with E-state index in [-0.39, 0.29) is 0 Å². The van der Waals surface area contributed by atoms with E-state index >= 15 is 0 Å². The molecular weight excluding hydrogens is 172 g/mol. The topological polar surface area (TPSA) is 25.8 Å². The van der Waals surface area contributed by atoms with Crippen molar-refractivity contribution in [1.82, 2.24) is 10.2 Å². The van der Waals surface area contributed by atoms with Crippen LogP contribution < -0.4 is 0 Å². The lowest BCUT2D eigenvalue weighted by atomic mass is 10.1. The molecule has 0 aliphatic carbocycles. The third kappa shape index (κ3) is 1.90. The van der Waals surface area contributed by atoms with E-state index in [1.807, 2.05) is 18.2 Å². The molecule has 0 atom stereocenters. The van der Waals surface area contributed by atoms with Crippen molar-refractivity contribution in [3.05, 3.63) is 36.0 Å². The second kappa shape index (κ2) is 3.74. The zero-order chi connectivity index (χ0) is 9.97. The van der Waals surface area contributed by atoms with Gasteiger partial charge >= 0.3 is 0 Å². The van der Waals surface area contributed by atoms with Gasteiger partial charge < -0.3 is 0 Å². The molecule has 1 aromatic carbocycles. The van der Waals surface area contributed by atoms with Gasteiger partial charge in [-0.25, -0.2) is 0 Å². The first-order valence-corrected chi connectivity index (χ1v) is 4.97. The maximum Gasteiger partial charge on any atom is 0.0929 e. The first-order valence-electron chi connectivity index (χ1n) is 4.97. The number of hydrogen-bond acceptors (Lipinski definition) is 2. The van der Waals surface area contributed by atoms with E-state index in [1.54, 1.807) is 0 Å². The Kier molecular flexibility index (Phi) is 2.44. The Balaban J connectivity index is 2.41. The molecule has 1 aromatic heterocycles. The number of hydrogen-bond donors (Lipinski definition) is 0. The van der Waals surface area contributed by atoms with E-state index in [2.05, 4.69) is 36.2 Å². The smallest absolute Gasteiger partial charge is 0.0929 e. The lowest BCUT2D eigenvalue weighted by molar-refractivity contribution is 0.630. The largest absolute Gasteiger partial charge is 0.155 e. The van der Waals surface area contributed by atoms with Crippen LogP contribution in [0.25, 0.3) is 10.9 Å². The van der Waals surface area contributed by atoms with Gasteiger partial charge in [0.15, 0.2) is 0 Å². The van der Waals surface area contributed by atoms with Crippen molar-refractivity contribution in [3.8, 4) is 0 Å². The summed E-state index contributed by atoms with van der Waals surface area (Å²) in [6.07, 6.45) is 0.998. The zero-order valence-corrected chi connectivity index (χ0v) is 8.57. The van der Waals surface area contributed by atoms with Gasteiger partial charge in [-0.15, -0.1) is 0 Å². The summed E-state index contributed by atoms with van der Waals surface area (Å²) in [6, 6.07) is 10.2. The third-order valence-electron chi connectivity index (χ3n) is 2.16. The van der Waals surface area contributed by atoms with Crippen LogP contribution in [0.1, 0.15) is 19.5 Å². The molecule has 0 radical (unpaired) electrons. The third-order valence-corrected chi connectivity index (χ3v) is 2.16. The van der Waals surface area contributed by atoms with Crippen LogP contribution in [-0.2, 0) is 6.42 Å². The van der Waals surface area contributed by atoms with Crippen LogP contribution in [0.4, 0.5) is 0 Å². The quantitative estimate of drug-likeness (QED) is 0.720. The van der Waals surface area contributed by atoms with E-state index in [1.165, 1.54) is 5.39 Å². The fraction of sp³-hybridized carbons (Fsp3) is 0.333. The number of rotatable bonds is 2. The van der Waals surface area contributed by atoms with Crippen molar-refractivity contribution >= 4 is 10.9 Å². The van der Waals surface area contributed by atoms with Gasteiger partial charge in [0.25, 0.3) is 0 Å². The maximum absolute atomic E-state index is 4.20. The van der Waals surface area contributed by atoms with Crippen LogP contribution in [0, 0.1) is 5.92 Å². The summed E-state index contributed by atoms with van der Waals surface area (Å²) >= 11 is 0. The van der Waals surface area contributed by atoms with Crippen LogP contribution in [0.5, 0.6) is 0 Å². The van der Waals surface area contributed by atoms with Gasteiger partial charge in [0, 0.05) is 5.39 Å². The normalized spacial score (nSPS) is 11.1. The van der Waals surface area contributed by atoms with Gasteiger partial charge in [0.2, 0.25) is 0 Å². The van der Waals surface area contributed by atoms with Gasteiger partial charge in [-0.05, 0) is 24.5 Å². The van der Waals surface area contributed by atoms with E-state index in [0.717, 1.165) is 17.6 Å². The van der Waals surface area contributed by atoms with Crippen LogP contribution in [-0.4, -0.2) is 10.2 Å². The van der Waals surface area contributed by atoms with Gasteiger partial charge in [0.1, 0.15) is 0 Å². The Labute approximate surface area is 84.0 Å². The van der Waals surface area contributed by atoms with Crippen molar-refractivity contribution in [3.63, 3.8) is 0 Å². The second-order valence-corrected chi connectivity index (χ2v) is 3.99. The van der Waals surface area contributed by atoms with E-state index < -0.39 is 0 Å². The number of fused-ring (bicyclic) bond motifs is 1. The molecule has 0 N–H and O–H groups in total. The molecule has 0 spiro atoms. The van der Waals surface area contributed by atoms with Crippen molar-refractivity contribution in [2.75, 3.05) is 0 Å². The molecule has 0 aliphatic heterocycles. The first kappa shape index (κ1) is 9.13. The number of aromatic nitrogens is 2. The minimum absolute atomic E-state index is 0.630. The van der Waals surface area contributed by atoms with Gasteiger partial charge in [0.05, 0.1) is 11.2 Å². The molecule has 2 heteroatoms. The number of benzene rings is 1. The molecule has 0 saturated heterocycles. The van der Waals surface area contributed by atoms with Gasteiger partial charge in [-0.1, -0.05) is 32.0 Å². The number of nitrogens with zero attached hydrogens (tertiary/aromatic N) is 2. The average Bonchev–Trinajstić information content (AvgIpc) is 2.17. The highest BCUT2D eigenvalue weighted by Crippen LogP contribution is 2.12. The summed E-state index contributed by atoms with van der Waals surface area (Å²) in [6.45, 7) is 4.38. The average molecular weight is 186 g/mol. The van der Waals surface area contributed by atoms with Crippen LogP contribution in [0.15, 0.2) is 30.3 Å². The predicted octanol–water partition coefficient (Wildman–Crippen LogP) is 2.83. The summed E-state index contributed by atoms with van der Waals surface area (Å²) < 4.78 is 0. The van der Waals surface area contributed by atoms with Crippen LogP contribution in [0.3, 0.4) is 0 Å². The summed E-state index contributed by atoms with van der Waals surface area (Å²) in [5, 5.41) is 9.56. The lowest BCUT2D eigenvalue weighted by Gasteiger charge is -2.03. The monoisotopic (exact) mass is 186 g/mol. The molecule has 0 unspecified atom stereocenters. The van der Waals surface area contributed by atoms with E-state index in [4.69, 9.17) is 0 Å².